The van der Waals surface area contributed by atoms with Crippen molar-refractivity contribution in [2.75, 3.05) is 5.32 Å². The van der Waals surface area contributed by atoms with Crippen molar-refractivity contribution in [1.29, 1.82) is 0 Å². The average molecular weight is 351 g/mol. The molecule has 2 aromatic carbocycles. The summed E-state index contributed by atoms with van der Waals surface area (Å²) >= 11 is 13.4. The van der Waals surface area contributed by atoms with E-state index in [1.807, 2.05) is 32.0 Å². The number of aryl methyl sites for hydroxylation is 2. The van der Waals surface area contributed by atoms with Gasteiger partial charge in [0.05, 0.1) is 9.72 Å². The second-order valence-electron chi connectivity index (χ2n) is 5.03. The van der Waals surface area contributed by atoms with Gasteiger partial charge in [-0.1, -0.05) is 52.2 Å². The fourth-order valence-corrected chi connectivity index (χ4v) is 3.83. The minimum absolute atomic E-state index is 0.182. The maximum Gasteiger partial charge on any atom is 0.257 e. The summed E-state index contributed by atoms with van der Waals surface area (Å²) in [7, 11) is 0. The van der Waals surface area contributed by atoms with Crippen molar-refractivity contribution in [3.8, 4) is 0 Å². The molecule has 0 saturated heterocycles. The van der Waals surface area contributed by atoms with E-state index in [9.17, 15) is 4.79 Å². The fraction of sp³-hybridized carbons (Fsp3) is 0.125. The molecule has 0 aliphatic carbocycles. The molecule has 0 unspecified atom stereocenters. The minimum atomic E-state index is -0.182. The Morgan fingerprint density at radius 1 is 1.18 bits per heavy atom. The van der Waals surface area contributed by atoms with Gasteiger partial charge in [0.25, 0.3) is 5.91 Å². The van der Waals surface area contributed by atoms with Crippen molar-refractivity contribution in [3.05, 3.63) is 57.1 Å². The Kier molecular flexibility index (Phi) is 4.08. The summed E-state index contributed by atoms with van der Waals surface area (Å²) < 4.78 is 0.841. The lowest BCUT2D eigenvalue weighted by atomic mass is 10.1. The molecule has 1 aromatic heterocycles. The largest absolute Gasteiger partial charge is 0.298 e. The molecule has 112 valence electrons. The fourth-order valence-electron chi connectivity index (χ4n) is 2.24. The highest BCUT2D eigenvalue weighted by Crippen LogP contribution is 2.33. The zero-order chi connectivity index (χ0) is 15.9. The van der Waals surface area contributed by atoms with E-state index >= 15 is 0 Å². The molecule has 3 rings (SSSR count). The molecule has 0 aliphatic heterocycles. The number of hydrogen-bond donors (Lipinski definition) is 1. The van der Waals surface area contributed by atoms with Crippen molar-refractivity contribution in [2.45, 2.75) is 13.8 Å². The van der Waals surface area contributed by atoms with Crippen LogP contribution in [0.15, 0.2) is 30.3 Å². The number of carbonyl (C=O) groups excluding carboxylic acids is 1. The molecule has 0 bridgehead atoms. The number of fused-ring (bicyclic) bond motifs is 1. The van der Waals surface area contributed by atoms with Crippen molar-refractivity contribution in [2.24, 2.45) is 0 Å². The van der Waals surface area contributed by atoms with Crippen LogP contribution in [-0.2, 0) is 0 Å². The van der Waals surface area contributed by atoms with Gasteiger partial charge in [0.15, 0.2) is 5.13 Å². The quantitative estimate of drug-likeness (QED) is 0.665. The molecular weight excluding hydrogens is 339 g/mol. The number of carbonyl (C=O) groups is 1. The summed E-state index contributed by atoms with van der Waals surface area (Å²) in [5, 5.41) is 4.35. The number of thiazole rings is 1. The highest BCUT2D eigenvalue weighted by molar-refractivity contribution is 7.22. The molecule has 22 heavy (non-hydrogen) atoms. The van der Waals surface area contributed by atoms with Gasteiger partial charge in [-0.2, -0.15) is 0 Å². The van der Waals surface area contributed by atoms with E-state index in [-0.39, 0.29) is 5.91 Å². The van der Waals surface area contributed by atoms with Crippen LogP contribution in [0.2, 0.25) is 10.0 Å². The van der Waals surface area contributed by atoms with E-state index in [0.29, 0.717) is 26.3 Å². The number of hydrogen-bond acceptors (Lipinski definition) is 3. The first kappa shape index (κ1) is 15.3. The van der Waals surface area contributed by atoms with Gasteiger partial charge in [-0.25, -0.2) is 4.98 Å². The topological polar surface area (TPSA) is 42.0 Å². The zero-order valence-electron chi connectivity index (χ0n) is 11.9. The van der Waals surface area contributed by atoms with E-state index in [4.69, 9.17) is 23.2 Å². The summed E-state index contributed by atoms with van der Waals surface area (Å²) in [6, 6.07) is 9.13. The van der Waals surface area contributed by atoms with Crippen LogP contribution < -0.4 is 5.32 Å². The number of rotatable bonds is 2. The molecule has 0 saturated carbocycles. The van der Waals surface area contributed by atoms with Crippen LogP contribution in [0.25, 0.3) is 10.2 Å². The SMILES string of the molecule is Cc1ccc(C(=O)Nc2nc3c(Cl)cc(Cl)cc3s2)c(C)c1. The predicted octanol–water partition coefficient (Wildman–Crippen LogP) is 5.47. The second-order valence-corrected chi connectivity index (χ2v) is 6.90. The van der Waals surface area contributed by atoms with E-state index in [1.54, 1.807) is 12.1 Å². The van der Waals surface area contributed by atoms with Gasteiger partial charge in [-0.15, -0.1) is 0 Å². The zero-order valence-corrected chi connectivity index (χ0v) is 14.2. The highest BCUT2D eigenvalue weighted by Gasteiger charge is 2.13. The molecule has 0 radical (unpaired) electrons. The molecule has 1 amide bonds. The first-order chi connectivity index (χ1) is 10.4. The van der Waals surface area contributed by atoms with Crippen molar-refractivity contribution in [1.82, 2.24) is 4.98 Å². The Bertz CT molecular complexity index is 889. The molecule has 6 heteroatoms. The van der Waals surface area contributed by atoms with Crippen molar-refractivity contribution in [3.63, 3.8) is 0 Å². The van der Waals surface area contributed by atoms with Gasteiger partial charge in [0.1, 0.15) is 5.52 Å². The summed E-state index contributed by atoms with van der Waals surface area (Å²) in [5.41, 5.74) is 3.33. The molecule has 3 aromatic rings. The van der Waals surface area contributed by atoms with Crippen molar-refractivity contribution >= 4 is 55.8 Å². The van der Waals surface area contributed by atoms with E-state index in [2.05, 4.69) is 10.3 Å². The van der Waals surface area contributed by atoms with Crippen LogP contribution in [0, 0.1) is 13.8 Å². The Morgan fingerprint density at radius 2 is 1.95 bits per heavy atom. The molecule has 0 spiro atoms. The lowest BCUT2D eigenvalue weighted by Crippen LogP contribution is -2.13. The Balaban J connectivity index is 1.92. The third-order valence-corrected chi connectivity index (χ3v) is 4.68. The third-order valence-electron chi connectivity index (χ3n) is 3.26. The summed E-state index contributed by atoms with van der Waals surface area (Å²) in [6.45, 7) is 3.91. The molecule has 3 nitrogen and oxygen atoms in total. The summed E-state index contributed by atoms with van der Waals surface area (Å²) in [5.74, 6) is -0.182. The second kappa shape index (κ2) is 5.88. The number of nitrogens with zero attached hydrogens (tertiary/aromatic N) is 1. The maximum atomic E-state index is 12.4. The lowest BCUT2D eigenvalue weighted by Gasteiger charge is -2.06. The van der Waals surface area contributed by atoms with Crippen LogP contribution in [0.1, 0.15) is 21.5 Å². The lowest BCUT2D eigenvalue weighted by molar-refractivity contribution is 0.102. The van der Waals surface area contributed by atoms with E-state index in [1.165, 1.54) is 11.3 Å². The first-order valence-corrected chi connectivity index (χ1v) is 8.15. The van der Waals surface area contributed by atoms with Crippen LogP contribution >= 0.6 is 34.5 Å². The molecule has 0 fully saturated rings. The van der Waals surface area contributed by atoms with Gasteiger partial charge in [-0.3, -0.25) is 10.1 Å². The third kappa shape index (κ3) is 2.95. The number of halogens is 2. The normalized spacial score (nSPS) is 10.9. The predicted molar refractivity (Wildman–Crippen MR) is 93.5 cm³/mol. The van der Waals surface area contributed by atoms with Gasteiger partial charge >= 0.3 is 0 Å². The van der Waals surface area contributed by atoms with E-state index in [0.717, 1.165) is 15.8 Å². The Morgan fingerprint density at radius 3 is 2.68 bits per heavy atom. The van der Waals surface area contributed by atoms with Gasteiger partial charge in [0.2, 0.25) is 0 Å². The smallest absolute Gasteiger partial charge is 0.257 e. The molecule has 1 N–H and O–H groups in total. The highest BCUT2D eigenvalue weighted by atomic mass is 35.5. The first-order valence-electron chi connectivity index (χ1n) is 6.58. The molecule has 1 heterocycles. The Labute approximate surface area is 141 Å². The summed E-state index contributed by atoms with van der Waals surface area (Å²) in [6.07, 6.45) is 0. The Hall–Kier alpha value is -1.62. The molecular formula is C16H12Cl2N2OS. The van der Waals surface area contributed by atoms with Crippen LogP contribution in [-0.4, -0.2) is 10.9 Å². The standard InChI is InChI=1S/C16H12Cl2N2OS/c1-8-3-4-11(9(2)5-8)15(21)20-16-19-14-12(18)6-10(17)7-13(14)22-16/h3-7H,1-2H3,(H,19,20,21). The van der Waals surface area contributed by atoms with Crippen molar-refractivity contribution < 1.29 is 4.79 Å². The molecule has 0 aliphatic rings. The van der Waals surface area contributed by atoms with Gasteiger partial charge in [-0.05, 0) is 37.6 Å². The van der Waals surface area contributed by atoms with Crippen LogP contribution in [0.5, 0.6) is 0 Å². The number of benzene rings is 2. The van der Waals surface area contributed by atoms with Crippen LogP contribution in [0.4, 0.5) is 5.13 Å². The summed E-state index contributed by atoms with van der Waals surface area (Å²) in [4.78, 5) is 16.7. The maximum absolute atomic E-state index is 12.4. The number of aromatic nitrogens is 1. The van der Waals surface area contributed by atoms with Crippen LogP contribution in [0.3, 0.4) is 0 Å². The van der Waals surface area contributed by atoms with E-state index < -0.39 is 0 Å². The number of nitrogens with one attached hydrogen (secondary N) is 1. The number of anilines is 1. The average Bonchev–Trinajstić information content (AvgIpc) is 2.81. The minimum Gasteiger partial charge on any atom is -0.298 e. The molecule has 0 atom stereocenters. The monoisotopic (exact) mass is 350 g/mol. The van der Waals surface area contributed by atoms with Gasteiger partial charge < -0.3 is 0 Å². The van der Waals surface area contributed by atoms with Gasteiger partial charge in [0, 0.05) is 10.6 Å². The number of amides is 1.